The van der Waals surface area contributed by atoms with Gasteiger partial charge in [-0.3, -0.25) is 4.98 Å². The SMILES string of the molecule is CCC1=CC=C(C2OCC3(CO2)COC(c2cccnc2)OC3)C=CC1. The average Bonchev–Trinajstić information content (AvgIpc) is 2.96. The van der Waals surface area contributed by atoms with Crippen molar-refractivity contribution in [3.8, 4) is 0 Å². The summed E-state index contributed by atoms with van der Waals surface area (Å²) in [7, 11) is 0. The fourth-order valence-corrected chi connectivity index (χ4v) is 3.36. The summed E-state index contributed by atoms with van der Waals surface area (Å²) >= 11 is 0. The summed E-state index contributed by atoms with van der Waals surface area (Å²) < 4.78 is 23.9. The Bertz CT molecular complexity index is 692. The van der Waals surface area contributed by atoms with Crippen LogP contribution in [0.25, 0.3) is 0 Å². The highest BCUT2D eigenvalue weighted by molar-refractivity contribution is 5.32. The highest BCUT2D eigenvalue weighted by Crippen LogP contribution is 2.36. The second kappa shape index (κ2) is 7.84. The van der Waals surface area contributed by atoms with Crippen molar-refractivity contribution >= 4 is 0 Å². The third-order valence-electron chi connectivity index (χ3n) is 5.05. The van der Waals surface area contributed by atoms with E-state index in [-0.39, 0.29) is 18.0 Å². The van der Waals surface area contributed by atoms with Crippen LogP contribution in [0, 0.1) is 5.41 Å². The summed E-state index contributed by atoms with van der Waals surface area (Å²) in [5, 5.41) is 0. The molecule has 0 radical (unpaired) electrons. The molecule has 5 heteroatoms. The molecule has 2 saturated heterocycles. The molecule has 0 unspecified atom stereocenters. The summed E-state index contributed by atoms with van der Waals surface area (Å²) in [5.74, 6) is 0. The molecule has 2 fully saturated rings. The van der Waals surface area contributed by atoms with Gasteiger partial charge in [-0.1, -0.05) is 42.9 Å². The standard InChI is InChI=1S/C21H25NO4/c1-2-16-5-3-6-17(9-8-16)19-23-12-21(13-24-19)14-25-20(26-15-21)18-7-4-10-22-11-18/h3-4,6-11,19-20H,2,5,12-15H2,1H3. The van der Waals surface area contributed by atoms with Gasteiger partial charge in [-0.2, -0.15) is 0 Å². The maximum atomic E-state index is 6.03. The van der Waals surface area contributed by atoms with Crippen molar-refractivity contribution in [3.63, 3.8) is 0 Å². The van der Waals surface area contributed by atoms with Gasteiger partial charge >= 0.3 is 0 Å². The Labute approximate surface area is 154 Å². The van der Waals surface area contributed by atoms with Crippen LogP contribution in [-0.2, 0) is 18.9 Å². The molecule has 1 aromatic rings. The number of nitrogens with zero attached hydrogens (tertiary/aromatic N) is 1. The van der Waals surface area contributed by atoms with Crippen LogP contribution in [0.3, 0.4) is 0 Å². The number of allylic oxidation sites excluding steroid dienone is 4. The predicted octanol–water partition coefficient (Wildman–Crippen LogP) is 3.71. The van der Waals surface area contributed by atoms with Gasteiger partial charge in [0.25, 0.3) is 0 Å². The molecule has 0 bridgehead atoms. The molecule has 0 saturated carbocycles. The van der Waals surface area contributed by atoms with Gasteiger partial charge in [0.15, 0.2) is 12.6 Å². The Kier molecular flexibility index (Phi) is 5.31. The number of rotatable bonds is 3. The van der Waals surface area contributed by atoms with Crippen LogP contribution in [0.5, 0.6) is 0 Å². The highest BCUT2D eigenvalue weighted by atomic mass is 16.7. The van der Waals surface area contributed by atoms with Crippen molar-refractivity contribution in [2.75, 3.05) is 26.4 Å². The van der Waals surface area contributed by atoms with Gasteiger partial charge in [0.05, 0.1) is 31.8 Å². The van der Waals surface area contributed by atoms with Crippen LogP contribution in [0.15, 0.2) is 60.0 Å². The molecule has 1 aliphatic carbocycles. The van der Waals surface area contributed by atoms with Crippen LogP contribution < -0.4 is 0 Å². The highest BCUT2D eigenvalue weighted by Gasteiger charge is 2.42. The Hall–Kier alpha value is -1.79. The number of pyridine rings is 1. The smallest absolute Gasteiger partial charge is 0.185 e. The molecule has 4 rings (SSSR count). The lowest BCUT2D eigenvalue weighted by atomic mass is 9.90. The molecule has 2 aliphatic heterocycles. The number of aromatic nitrogens is 1. The summed E-state index contributed by atoms with van der Waals surface area (Å²) in [6, 6.07) is 3.85. The lowest BCUT2D eigenvalue weighted by Gasteiger charge is -2.43. The number of ether oxygens (including phenoxy) is 4. The van der Waals surface area contributed by atoms with Crippen molar-refractivity contribution in [3.05, 3.63) is 65.5 Å². The molecule has 0 amide bonds. The predicted molar refractivity (Wildman–Crippen MR) is 97.2 cm³/mol. The van der Waals surface area contributed by atoms with E-state index in [9.17, 15) is 0 Å². The van der Waals surface area contributed by atoms with E-state index in [0.717, 1.165) is 24.0 Å². The van der Waals surface area contributed by atoms with E-state index in [0.29, 0.717) is 26.4 Å². The quantitative estimate of drug-likeness (QED) is 0.827. The Morgan fingerprint density at radius 1 is 1.04 bits per heavy atom. The molecule has 1 aromatic heterocycles. The molecule has 0 atom stereocenters. The van der Waals surface area contributed by atoms with Crippen molar-refractivity contribution < 1.29 is 18.9 Å². The zero-order valence-electron chi connectivity index (χ0n) is 15.1. The van der Waals surface area contributed by atoms with Gasteiger partial charge in [-0.15, -0.1) is 0 Å². The second-order valence-corrected chi connectivity index (χ2v) is 7.15. The molecule has 26 heavy (non-hydrogen) atoms. The van der Waals surface area contributed by atoms with Gasteiger partial charge in [-0.25, -0.2) is 0 Å². The topological polar surface area (TPSA) is 49.8 Å². The first kappa shape index (κ1) is 17.6. The van der Waals surface area contributed by atoms with Crippen LogP contribution in [0.2, 0.25) is 0 Å². The Balaban J connectivity index is 1.34. The lowest BCUT2D eigenvalue weighted by molar-refractivity contribution is -0.297. The van der Waals surface area contributed by atoms with E-state index in [1.54, 1.807) is 12.4 Å². The van der Waals surface area contributed by atoms with Crippen LogP contribution >= 0.6 is 0 Å². The summed E-state index contributed by atoms with van der Waals surface area (Å²) in [4.78, 5) is 4.12. The third-order valence-corrected chi connectivity index (χ3v) is 5.05. The zero-order valence-corrected chi connectivity index (χ0v) is 15.1. The van der Waals surface area contributed by atoms with E-state index >= 15 is 0 Å². The first-order valence-corrected chi connectivity index (χ1v) is 9.20. The zero-order chi connectivity index (χ0) is 17.8. The second-order valence-electron chi connectivity index (χ2n) is 7.15. The largest absolute Gasteiger partial charge is 0.348 e. The van der Waals surface area contributed by atoms with E-state index in [1.807, 2.05) is 12.1 Å². The summed E-state index contributed by atoms with van der Waals surface area (Å²) in [6.45, 7) is 4.40. The van der Waals surface area contributed by atoms with E-state index in [1.165, 1.54) is 5.57 Å². The maximum Gasteiger partial charge on any atom is 0.185 e. The number of hydrogen-bond donors (Lipinski definition) is 0. The molecule has 3 heterocycles. The molecular formula is C21H25NO4. The van der Waals surface area contributed by atoms with Crippen LogP contribution in [-0.4, -0.2) is 37.7 Å². The summed E-state index contributed by atoms with van der Waals surface area (Å²) in [6.07, 6.45) is 13.5. The normalized spacial score (nSPS) is 32.0. The van der Waals surface area contributed by atoms with Crippen molar-refractivity contribution in [2.24, 2.45) is 5.41 Å². The summed E-state index contributed by atoms with van der Waals surface area (Å²) in [5.41, 5.74) is 3.17. The maximum absolute atomic E-state index is 6.03. The minimum absolute atomic E-state index is 0.241. The first-order chi connectivity index (χ1) is 12.8. The molecule has 3 aliphatic rings. The fourth-order valence-electron chi connectivity index (χ4n) is 3.36. The molecule has 0 aromatic carbocycles. The van der Waals surface area contributed by atoms with E-state index < -0.39 is 0 Å². The van der Waals surface area contributed by atoms with Gasteiger partial charge < -0.3 is 18.9 Å². The number of hydrogen-bond acceptors (Lipinski definition) is 5. The van der Waals surface area contributed by atoms with E-state index in [4.69, 9.17) is 18.9 Å². The lowest BCUT2D eigenvalue weighted by Crippen LogP contribution is -2.51. The van der Waals surface area contributed by atoms with Gasteiger partial charge in [0, 0.05) is 23.5 Å². The molecule has 1 spiro atoms. The van der Waals surface area contributed by atoms with Crippen molar-refractivity contribution in [1.82, 2.24) is 4.98 Å². The molecular weight excluding hydrogens is 330 g/mol. The first-order valence-electron chi connectivity index (χ1n) is 9.20. The molecule has 138 valence electrons. The van der Waals surface area contributed by atoms with Gasteiger partial charge in [0.2, 0.25) is 0 Å². The van der Waals surface area contributed by atoms with Crippen molar-refractivity contribution in [2.45, 2.75) is 32.3 Å². The average molecular weight is 355 g/mol. The van der Waals surface area contributed by atoms with E-state index in [2.05, 4.69) is 36.2 Å². The van der Waals surface area contributed by atoms with Gasteiger partial charge in [-0.05, 0) is 18.9 Å². The fraction of sp³-hybridized carbons (Fsp3) is 0.476. The monoisotopic (exact) mass is 355 g/mol. The molecule has 5 nitrogen and oxygen atoms in total. The van der Waals surface area contributed by atoms with Crippen LogP contribution in [0.4, 0.5) is 0 Å². The third kappa shape index (κ3) is 3.81. The minimum atomic E-state index is -0.364. The molecule has 0 N–H and O–H groups in total. The van der Waals surface area contributed by atoms with Crippen molar-refractivity contribution in [1.29, 1.82) is 0 Å². The van der Waals surface area contributed by atoms with Gasteiger partial charge in [0.1, 0.15) is 0 Å². The van der Waals surface area contributed by atoms with Crippen LogP contribution in [0.1, 0.15) is 31.6 Å². The Morgan fingerprint density at radius 2 is 1.77 bits per heavy atom. The minimum Gasteiger partial charge on any atom is -0.348 e. The Morgan fingerprint density at radius 3 is 2.42 bits per heavy atom.